The molecule has 0 aliphatic heterocycles. The Morgan fingerprint density at radius 1 is 0.235 bits per heavy atom. The summed E-state index contributed by atoms with van der Waals surface area (Å²) in [7, 11) is 19.5. The van der Waals surface area contributed by atoms with Crippen LogP contribution in [0.4, 0.5) is 63.1 Å². The summed E-state index contributed by atoms with van der Waals surface area (Å²) in [6.45, 7) is 1.23. The molecule has 0 spiro atoms. The lowest BCUT2D eigenvalue weighted by molar-refractivity contribution is -0.129. The maximum atomic E-state index is 13.7. The molecule has 10 heterocycles. The Morgan fingerprint density at radius 3 is 0.866 bits per heavy atom. The molecule has 790 valence electrons. The van der Waals surface area contributed by atoms with Crippen LogP contribution < -0.4 is 101 Å². The quantitative estimate of drug-likeness (QED) is 0.0148. The molecule has 0 unspecified atom stereocenters. The lowest BCUT2D eigenvalue weighted by Crippen LogP contribution is -2.32. The maximum absolute atomic E-state index is 13.7. The summed E-state index contributed by atoms with van der Waals surface area (Å²) in [5.41, 5.74) is 4.91. The SMILES string of the molecule is CN(C)CCCNC(=O)CCNC(=O)c1nc(NC(=O)c2cc(NC(=O)CCNC(=O)c3nc(NC(=O)c4nc(NC(=O)c5nc(NC(=O)CCCNC(=O)c6cc(NC(=O)c7cc(NC(=O)c8cc(NC(=O)CCNC(=O)c9cc(NC(=O)c%10cc(NC(=O)CCNC(=O)CCNC(=O)c%11ccc(NC(=O)CCCCCCC(=O)NO)cc%11)cn%10C)cn9C)cn8C)cn7C)cn6C)cn5C)cn4C)cn3C)cn2C)cn1C. The molecule has 0 aliphatic carbocycles. The second-order valence-corrected chi connectivity index (χ2v) is 35.1. The second kappa shape index (κ2) is 52.2. The molecular formula is C95H120N34O20. The largest absolute Gasteiger partial charge is 0.356 e. The normalized spacial score (nSPS) is 10.9. The summed E-state index contributed by atoms with van der Waals surface area (Å²) in [5.74, 6) is -10.2. The standard InChI is InChI=1S/C95H120N34O20/c1-119(2)38-18-32-96-73(130)27-35-101-92(145)81-112-70(52-126(81)9)115-91(144)68-41-59(47-124(68)7)106-79(136)30-37-102-93(146)82-113-71(53-127(82)10)116-95(148)84-114-72(54-129(84)12)117-94(147)83-111-69(51-128(83)11)110-76(133)21-17-31-98-86(139)63-42-60(48-120(63)3)108-90(143)67-44-62(50-125(67)8)109-89(142)66-40-58(46-123(66)6)105-78(135)29-36-100-87(140)64-43-61(49-121(64)4)107-88(141)65-39-57(45-122(65)5)104-77(134)28-33-97-74(131)26-34-99-85(138)55-22-24-56(25-23-55)103-75(132)19-15-13-14-16-20-80(137)118-149/h22-25,39-54,149H,13-21,26-38H2,1-12H3,(H,96,130)(H,97,131)(H,98,139)(H,99,138)(H,100,140)(H,101,145)(H,102,146)(H,103,132)(H,104,134)(H,105,135)(H,106,136)(H,107,141)(H,108,143)(H,109,142)(H,110,133)(H,115,144)(H,116,148)(H,117,147)(H,118,137). The molecule has 54 nitrogen and oxygen atoms in total. The van der Waals surface area contributed by atoms with E-state index < -0.39 is 100 Å². The van der Waals surface area contributed by atoms with Crippen LogP contribution in [0, 0.1) is 0 Å². The third-order valence-electron chi connectivity index (χ3n) is 22.7. The number of imidazole rings is 4. The topological polar surface area (TPSA) is 677 Å². The molecule has 0 bridgehead atoms. The zero-order valence-electron chi connectivity index (χ0n) is 84.0. The van der Waals surface area contributed by atoms with Gasteiger partial charge in [0.15, 0.2) is 23.3 Å². The van der Waals surface area contributed by atoms with E-state index in [-0.39, 0.29) is 218 Å². The minimum atomic E-state index is -0.761. The highest BCUT2D eigenvalue weighted by atomic mass is 16.5. The van der Waals surface area contributed by atoms with E-state index in [0.29, 0.717) is 36.3 Å². The summed E-state index contributed by atoms with van der Waals surface area (Å²) in [6.07, 6.45) is 18.3. The number of rotatable bonds is 52. The summed E-state index contributed by atoms with van der Waals surface area (Å²) >= 11 is 0. The highest BCUT2D eigenvalue weighted by Crippen LogP contribution is 2.25. The monoisotopic (exact) mass is 2060 g/mol. The number of unbranched alkanes of at least 4 members (excludes halogenated alkanes) is 3. The van der Waals surface area contributed by atoms with Gasteiger partial charge in [-0.15, -0.1) is 0 Å². The van der Waals surface area contributed by atoms with Crippen molar-refractivity contribution >= 4 is 175 Å². The highest BCUT2D eigenvalue weighted by molar-refractivity contribution is 6.11. The van der Waals surface area contributed by atoms with E-state index in [1.165, 1.54) is 177 Å². The van der Waals surface area contributed by atoms with Gasteiger partial charge >= 0.3 is 0 Å². The number of hydroxylamine groups is 1. The molecule has 0 radical (unpaired) electrons. The molecule has 1 aromatic carbocycles. The fourth-order valence-corrected chi connectivity index (χ4v) is 15.2. The maximum Gasteiger partial charge on any atom is 0.292 e. The van der Waals surface area contributed by atoms with Crippen molar-refractivity contribution in [1.29, 1.82) is 0 Å². The summed E-state index contributed by atoms with van der Waals surface area (Å²) < 4.78 is 14.4. The van der Waals surface area contributed by atoms with Gasteiger partial charge in [-0.05, 0) is 107 Å². The van der Waals surface area contributed by atoms with Gasteiger partial charge in [0.25, 0.3) is 65.0 Å². The molecule has 54 heteroatoms. The summed E-state index contributed by atoms with van der Waals surface area (Å²) in [6, 6.07) is 14.9. The van der Waals surface area contributed by atoms with Crippen molar-refractivity contribution in [2.24, 2.45) is 70.5 Å². The third kappa shape index (κ3) is 32.5. The van der Waals surface area contributed by atoms with Gasteiger partial charge in [-0.3, -0.25) is 96.3 Å². The van der Waals surface area contributed by atoms with Crippen LogP contribution in [-0.2, 0) is 109 Å². The Bertz CT molecular complexity index is 6860. The summed E-state index contributed by atoms with van der Waals surface area (Å²) in [4.78, 5) is 266. The van der Waals surface area contributed by atoms with Gasteiger partial charge in [0.1, 0.15) is 34.2 Å². The lowest BCUT2D eigenvalue weighted by atomic mass is 10.1. The Kier molecular flexibility index (Phi) is 38.9. The van der Waals surface area contributed by atoms with E-state index >= 15 is 0 Å². The van der Waals surface area contributed by atoms with Crippen LogP contribution in [0.5, 0.6) is 0 Å². The molecule has 0 saturated heterocycles. The smallest absolute Gasteiger partial charge is 0.292 e. The average molecular weight is 2060 g/mol. The van der Waals surface area contributed by atoms with Crippen molar-refractivity contribution in [1.82, 2.24) is 113 Å². The van der Waals surface area contributed by atoms with Gasteiger partial charge in [0.2, 0.25) is 70.6 Å². The van der Waals surface area contributed by atoms with Gasteiger partial charge in [-0.1, -0.05) is 12.8 Å². The Labute approximate surface area is 851 Å². The number of anilines is 11. The molecule has 0 fully saturated rings. The molecule has 0 saturated carbocycles. The number of carbonyl (C=O) groups is 19. The van der Waals surface area contributed by atoms with Crippen molar-refractivity contribution in [3.05, 3.63) is 186 Å². The zero-order chi connectivity index (χ0) is 108. The van der Waals surface area contributed by atoms with Gasteiger partial charge in [-0.25, -0.2) is 25.4 Å². The Morgan fingerprint density at radius 2 is 0.497 bits per heavy atom. The number of benzene rings is 1. The lowest BCUT2D eigenvalue weighted by Gasteiger charge is -2.10. The number of nitrogens with zero attached hydrogens (tertiary/aromatic N) is 15. The number of hydrogen-bond donors (Lipinski definition) is 20. The Balaban J connectivity index is 0.531. The molecule has 0 atom stereocenters. The number of hydrogen-bond acceptors (Lipinski definition) is 25. The second-order valence-electron chi connectivity index (χ2n) is 35.1. The molecule has 149 heavy (non-hydrogen) atoms. The van der Waals surface area contributed by atoms with E-state index in [1.54, 1.807) is 66.9 Å². The van der Waals surface area contributed by atoms with Crippen LogP contribution in [0.15, 0.2) is 123 Å². The van der Waals surface area contributed by atoms with Gasteiger partial charge in [0.05, 0.1) is 34.1 Å². The molecule has 19 amide bonds. The van der Waals surface area contributed by atoms with Crippen LogP contribution in [-0.4, -0.2) is 254 Å². The van der Waals surface area contributed by atoms with Gasteiger partial charge in [-0.2, -0.15) is 0 Å². The van der Waals surface area contributed by atoms with E-state index in [2.05, 4.69) is 116 Å². The number of aryl methyl sites for hydroxylation is 10. The van der Waals surface area contributed by atoms with Crippen molar-refractivity contribution in [3.8, 4) is 0 Å². The van der Waals surface area contributed by atoms with E-state index in [9.17, 15) is 91.1 Å². The number of nitrogens with one attached hydrogen (secondary N) is 19. The predicted molar refractivity (Wildman–Crippen MR) is 543 cm³/mol. The van der Waals surface area contributed by atoms with Gasteiger partial charge < -0.3 is 146 Å². The van der Waals surface area contributed by atoms with Crippen LogP contribution in [0.1, 0.15) is 206 Å². The predicted octanol–water partition coefficient (Wildman–Crippen LogP) is 3.07. The van der Waals surface area contributed by atoms with Gasteiger partial charge in [0, 0.05) is 241 Å². The molecule has 11 aromatic rings. The van der Waals surface area contributed by atoms with Crippen molar-refractivity contribution in [2.75, 3.05) is 125 Å². The Hall–Kier alpha value is -18.4. The zero-order valence-corrected chi connectivity index (χ0v) is 84.0. The van der Waals surface area contributed by atoms with Crippen LogP contribution >= 0.6 is 0 Å². The number of carbonyl (C=O) groups excluding carboxylic acids is 19. The molecular weight excluding hydrogens is 1940 g/mol. The molecule has 0 aliphatic rings. The van der Waals surface area contributed by atoms with Crippen LogP contribution in [0.2, 0.25) is 0 Å². The first-order valence-electron chi connectivity index (χ1n) is 47.1. The average Bonchev–Trinajstić information content (AvgIpc) is 1.68. The number of aromatic nitrogens is 14. The first-order valence-corrected chi connectivity index (χ1v) is 47.1. The van der Waals surface area contributed by atoms with Crippen LogP contribution in [0.25, 0.3) is 0 Å². The first kappa shape index (κ1) is 111. The number of amides is 19. The van der Waals surface area contributed by atoms with Crippen LogP contribution in [0.3, 0.4) is 0 Å². The van der Waals surface area contributed by atoms with E-state index in [1.807, 2.05) is 19.0 Å². The third-order valence-corrected chi connectivity index (χ3v) is 22.7. The van der Waals surface area contributed by atoms with Crippen molar-refractivity contribution in [3.63, 3.8) is 0 Å². The highest BCUT2D eigenvalue weighted by Gasteiger charge is 2.28. The first-order chi connectivity index (χ1) is 71.0. The molecule has 11 rings (SSSR count). The molecule has 20 N–H and O–H groups in total. The fraction of sp³-hybridized carbons (Fsp3) is 0.358. The fourth-order valence-electron chi connectivity index (χ4n) is 15.2. The van der Waals surface area contributed by atoms with E-state index in [0.717, 1.165) is 25.8 Å². The molecule has 10 aromatic heterocycles. The minimum absolute atomic E-state index is 0.00169. The van der Waals surface area contributed by atoms with Crippen molar-refractivity contribution in [2.45, 2.75) is 89.9 Å². The van der Waals surface area contributed by atoms with E-state index in [4.69, 9.17) is 5.21 Å². The minimum Gasteiger partial charge on any atom is -0.356 e. The van der Waals surface area contributed by atoms with Crippen molar-refractivity contribution < 1.29 is 96.3 Å². The summed E-state index contributed by atoms with van der Waals surface area (Å²) in [5, 5.41) is 56.9.